The Balaban J connectivity index is 2.02. The summed E-state index contributed by atoms with van der Waals surface area (Å²) in [5.74, 6) is 0.136. The number of nitrogens with zero attached hydrogens (tertiary/aromatic N) is 2. The second-order valence-electron chi connectivity index (χ2n) is 7.45. The fourth-order valence-corrected chi connectivity index (χ4v) is 3.40. The minimum atomic E-state index is -0.219. The van der Waals surface area contributed by atoms with Crippen LogP contribution in [0.15, 0.2) is 35.8 Å². The molecule has 28 heavy (non-hydrogen) atoms. The van der Waals surface area contributed by atoms with Crippen molar-refractivity contribution >= 4 is 28.3 Å². The van der Waals surface area contributed by atoms with Gasteiger partial charge >= 0.3 is 0 Å². The molecule has 6 heteroatoms. The third-order valence-corrected chi connectivity index (χ3v) is 5.24. The highest BCUT2D eigenvalue weighted by Crippen LogP contribution is 2.14. The third kappa shape index (κ3) is 7.43. The molecule has 1 aromatic carbocycles. The van der Waals surface area contributed by atoms with Crippen molar-refractivity contribution in [1.82, 2.24) is 9.88 Å². The highest BCUT2D eigenvalue weighted by atomic mass is 32.1. The molecule has 1 heterocycles. The smallest absolute Gasteiger partial charge is 0.254 e. The monoisotopic (exact) mass is 401 g/mol. The topological polar surface area (TPSA) is 62.3 Å². The maximum Gasteiger partial charge on any atom is 0.254 e. The predicted octanol–water partition coefficient (Wildman–Crippen LogP) is 5.00. The minimum Gasteiger partial charge on any atom is -0.329 e. The van der Waals surface area contributed by atoms with Crippen molar-refractivity contribution in [1.29, 1.82) is 0 Å². The number of carbonyl (C=O) groups is 2. The molecule has 1 aromatic heterocycles. The van der Waals surface area contributed by atoms with Crippen molar-refractivity contribution in [3.8, 4) is 0 Å². The Labute approximate surface area is 172 Å². The second kappa shape index (κ2) is 11.6. The number of hydrogen-bond donors (Lipinski definition) is 1. The van der Waals surface area contributed by atoms with Crippen molar-refractivity contribution in [2.75, 3.05) is 18.4 Å². The van der Waals surface area contributed by atoms with Crippen LogP contribution in [0, 0.1) is 5.92 Å². The van der Waals surface area contributed by atoms with Gasteiger partial charge in [0.25, 0.3) is 5.91 Å². The summed E-state index contributed by atoms with van der Waals surface area (Å²) in [6.07, 6.45) is 7.12. The van der Waals surface area contributed by atoms with Crippen LogP contribution in [0.3, 0.4) is 0 Å². The summed E-state index contributed by atoms with van der Waals surface area (Å²) in [6.45, 7) is 7.01. The summed E-state index contributed by atoms with van der Waals surface area (Å²) < 4.78 is 0. The molecule has 0 unspecified atom stereocenters. The van der Waals surface area contributed by atoms with Gasteiger partial charge in [0.15, 0.2) is 5.13 Å². The van der Waals surface area contributed by atoms with Crippen LogP contribution in [0.5, 0.6) is 0 Å². The van der Waals surface area contributed by atoms with Crippen LogP contribution in [0.2, 0.25) is 0 Å². The molecule has 0 aliphatic carbocycles. The number of hydrogen-bond acceptors (Lipinski definition) is 4. The minimum absolute atomic E-state index is 0.0311. The molecule has 152 valence electrons. The van der Waals surface area contributed by atoms with Crippen LogP contribution < -0.4 is 5.32 Å². The van der Waals surface area contributed by atoms with Gasteiger partial charge in [0, 0.05) is 23.7 Å². The summed E-state index contributed by atoms with van der Waals surface area (Å²) in [4.78, 5) is 31.1. The lowest BCUT2D eigenvalue weighted by Gasteiger charge is -2.23. The molecule has 2 amide bonds. The van der Waals surface area contributed by atoms with Gasteiger partial charge in [-0.1, -0.05) is 45.7 Å². The predicted molar refractivity (Wildman–Crippen MR) is 116 cm³/mol. The summed E-state index contributed by atoms with van der Waals surface area (Å²) >= 11 is 1.36. The highest BCUT2D eigenvalue weighted by Gasteiger charge is 2.19. The Morgan fingerprint density at radius 1 is 1.18 bits per heavy atom. The van der Waals surface area contributed by atoms with E-state index in [-0.39, 0.29) is 18.4 Å². The zero-order chi connectivity index (χ0) is 20.4. The molecule has 0 radical (unpaired) electrons. The van der Waals surface area contributed by atoms with Gasteiger partial charge in [0.2, 0.25) is 5.91 Å². The molecule has 0 saturated heterocycles. The lowest BCUT2D eigenvalue weighted by molar-refractivity contribution is -0.116. The van der Waals surface area contributed by atoms with Crippen molar-refractivity contribution < 1.29 is 9.59 Å². The van der Waals surface area contributed by atoms with E-state index in [2.05, 4.69) is 31.1 Å². The number of thiazole rings is 1. The van der Waals surface area contributed by atoms with E-state index >= 15 is 0 Å². The molecule has 0 bridgehead atoms. The van der Waals surface area contributed by atoms with Crippen LogP contribution in [0.1, 0.15) is 62.4 Å². The Kier molecular flexibility index (Phi) is 9.14. The van der Waals surface area contributed by atoms with E-state index in [1.54, 1.807) is 16.5 Å². The number of aryl methyl sites for hydroxylation is 1. The maximum atomic E-state index is 13.0. The van der Waals surface area contributed by atoms with Crippen LogP contribution in [0.4, 0.5) is 5.13 Å². The number of rotatable bonds is 11. The summed E-state index contributed by atoms with van der Waals surface area (Å²) in [7, 11) is 0. The largest absolute Gasteiger partial charge is 0.329 e. The molecule has 1 N–H and O–H groups in total. The summed E-state index contributed by atoms with van der Waals surface area (Å²) in [5.41, 5.74) is 1.88. The van der Waals surface area contributed by atoms with Crippen LogP contribution >= 0.6 is 11.3 Å². The van der Waals surface area contributed by atoms with Gasteiger partial charge in [-0.2, -0.15) is 0 Å². The van der Waals surface area contributed by atoms with Crippen molar-refractivity contribution in [2.45, 2.75) is 52.9 Å². The lowest BCUT2D eigenvalue weighted by Crippen LogP contribution is -2.39. The van der Waals surface area contributed by atoms with Gasteiger partial charge in [-0.05, 0) is 42.9 Å². The van der Waals surface area contributed by atoms with E-state index in [1.165, 1.54) is 36.2 Å². The zero-order valence-corrected chi connectivity index (χ0v) is 17.9. The van der Waals surface area contributed by atoms with Crippen molar-refractivity contribution in [3.63, 3.8) is 0 Å². The Morgan fingerprint density at radius 3 is 2.54 bits per heavy atom. The number of anilines is 1. The van der Waals surface area contributed by atoms with Crippen molar-refractivity contribution in [3.05, 3.63) is 47.0 Å². The number of aromatic nitrogens is 1. The molecule has 0 fully saturated rings. The number of unbranched alkanes of at least 4 members (excludes halogenated alkanes) is 2. The zero-order valence-electron chi connectivity index (χ0n) is 17.1. The van der Waals surface area contributed by atoms with E-state index < -0.39 is 0 Å². The van der Waals surface area contributed by atoms with Crippen LogP contribution in [-0.4, -0.2) is 34.8 Å². The van der Waals surface area contributed by atoms with E-state index in [0.29, 0.717) is 23.2 Å². The van der Waals surface area contributed by atoms with Gasteiger partial charge in [-0.3, -0.25) is 9.59 Å². The van der Waals surface area contributed by atoms with Crippen LogP contribution in [0.25, 0.3) is 0 Å². The fourth-order valence-electron chi connectivity index (χ4n) is 2.86. The summed E-state index contributed by atoms with van der Waals surface area (Å²) in [5, 5.41) is 5.12. The molecule has 0 atom stereocenters. The maximum absolute atomic E-state index is 13.0. The molecule has 0 saturated carbocycles. The van der Waals surface area contributed by atoms with Gasteiger partial charge in [0.1, 0.15) is 6.54 Å². The lowest BCUT2D eigenvalue weighted by atomic mass is 10.0. The highest BCUT2D eigenvalue weighted by molar-refractivity contribution is 7.13. The van der Waals surface area contributed by atoms with Crippen LogP contribution in [-0.2, 0) is 11.2 Å². The van der Waals surface area contributed by atoms with E-state index in [4.69, 9.17) is 0 Å². The fraction of sp³-hybridized carbons (Fsp3) is 0.500. The molecule has 0 aliphatic heterocycles. The molecule has 5 nitrogen and oxygen atoms in total. The number of nitrogens with one attached hydrogen (secondary N) is 1. The van der Waals surface area contributed by atoms with Gasteiger partial charge in [0.05, 0.1) is 0 Å². The first-order valence-corrected chi connectivity index (χ1v) is 10.9. The average Bonchev–Trinajstić information content (AvgIpc) is 3.18. The number of carbonyl (C=O) groups excluding carboxylic acids is 2. The summed E-state index contributed by atoms with van der Waals surface area (Å²) in [6, 6.07) is 7.81. The molecular weight excluding hydrogens is 370 g/mol. The Morgan fingerprint density at radius 2 is 1.93 bits per heavy atom. The second-order valence-corrected chi connectivity index (χ2v) is 8.34. The number of amides is 2. The standard InChI is InChI=1S/C22H31N3O2S/c1-4-5-6-7-18-8-10-19(11-9-18)21(27)25(14-12-17(2)3)16-20(26)24-22-23-13-15-28-22/h8-11,13,15,17H,4-7,12,14,16H2,1-3H3,(H,23,24,26). The first kappa shape index (κ1) is 22.1. The van der Waals surface area contributed by atoms with Crippen molar-refractivity contribution in [2.24, 2.45) is 5.92 Å². The van der Waals surface area contributed by atoms with E-state index in [1.807, 2.05) is 24.3 Å². The molecule has 0 aliphatic rings. The van der Waals surface area contributed by atoms with Gasteiger partial charge < -0.3 is 10.2 Å². The molecule has 0 spiro atoms. The van der Waals surface area contributed by atoms with Gasteiger partial charge in [-0.25, -0.2) is 4.98 Å². The van der Waals surface area contributed by atoms with Gasteiger partial charge in [-0.15, -0.1) is 11.3 Å². The SMILES string of the molecule is CCCCCc1ccc(C(=O)N(CCC(C)C)CC(=O)Nc2nccs2)cc1. The quantitative estimate of drug-likeness (QED) is 0.539. The first-order valence-electron chi connectivity index (χ1n) is 10.1. The Hall–Kier alpha value is -2.21. The Bertz CT molecular complexity index is 727. The molecule has 2 aromatic rings. The van der Waals surface area contributed by atoms with E-state index in [9.17, 15) is 9.59 Å². The normalized spacial score (nSPS) is 10.9. The number of benzene rings is 1. The third-order valence-electron chi connectivity index (χ3n) is 4.55. The molecule has 2 rings (SSSR count). The molecular formula is C22H31N3O2S. The first-order chi connectivity index (χ1) is 13.5. The average molecular weight is 402 g/mol. The van der Waals surface area contributed by atoms with E-state index in [0.717, 1.165) is 12.8 Å².